The summed E-state index contributed by atoms with van der Waals surface area (Å²) in [5.41, 5.74) is 7.45. The lowest BCUT2D eigenvalue weighted by molar-refractivity contribution is -0.118. The standard InChI is InChI=1S/C21H19F2N5O/c22-15-3-1-14(2-4-15)20-21(25-17-7-5-16(23)6-8-17)28-10-9-27(12-18(29)11-24)13-19(28)26-20/h1-10,25H,11-13,24H2. The normalized spacial score (nSPS) is 12.7. The van der Waals surface area contributed by atoms with E-state index < -0.39 is 0 Å². The lowest BCUT2D eigenvalue weighted by Gasteiger charge is -2.23. The Balaban J connectivity index is 1.73. The van der Waals surface area contributed by atoms with Crippen LogP contribution in [0.25, 0.3) is 17.5 Å². The van der Waals surface area contributed by atoms with Crippen molar-refractivity contribution in [1.29, 1.82) is 0 Å². The Morgan fingerprint density at radius 2 is 1.69 bits per heavy atom. The molecule has 0 fully saturated rings. The Morgan fingerprint density at radius 1 is 1.03 bits per heavy atom. The van der Waals surface area contributed by atoms with Crippen LogP contribution in [0.3, 0.4) is 0 Å². The highest BCUT2D eigenvalue weighted by atomic mass is 19.1. The van der Waals surface area contributed by atoms with Gasteiger partial charge in [-0.2, -0.15) is 0 Å². The zero-order valence-corrected chi connectivity index (χ0v) is 15.5. The first-order valence-electron chi connectivity index (χ1n) is 9.07. The molecule has 6 nitrogen and oxygen atoms in total. The van der Waals surface area contributed by atoms with Gasteiger partial charge in [0.2, 0.25) is 0 Å². The number of aromatic nitrogens is 2. The van der Waals surface area contributed by atoms with Gasteiger partial charge in [0.05, 0.1) is 19.6 Å². The number of hydrogen-bond donors (Lipinski definition) is 2. The summed E-state index contributed by atoms with van der Waals surface area (Å²) in [6.45, 7) is 0.602. The Morgan fingerprint density at radius 3 is 2.34 bits per heavy atom. The van der Waals surface area contributed by atoms with E-state index in [-0.39, 0.29) is 30.5 Å². The van der Waals surface area contributed by atoms with Crippen molar-refractivity contribution < 1.29 is 13.6 Å². The van der Waals surface area contributed by atoms with Crippen LogP contribution in [-0.2, 0) is 11.3 Å². The number of rotatable bonds is 6. The molecule has 0 amide bonds. The van der Waals surface area contributed by atoms with Crippen LogP contribution in [0.4, 0.5) is 20.3 Å². The van der Waals surface area contributed by atoms with Gasteiger partial charge in [0.15, 0.2) is 5.78 Å². The molecule has 4 rings (SSSR count). The third-order valence-corrected chi connectivity index (χ3v) is 4.59. The number of ketones is 1. The molecule has 0 saturated carbocycles. The van der Waals surface area contributed by atoms with E-state index in [9.17, 15) is 13.6 Å². The van der Waals surface area contributed by atoms with E-state index in [0.717, 1.165) is 5.56 Å². The van der Waals surface area contributed by atoms with E-state index in [0.29, 0.717) is 29.6 Å². The molecule has 0 bridgehead atoms. The van der Waals surface area contributed by atoms with Gasteiger partial charge < -0.3 is 16.0 Å². The molecule has 0 radical (unpaired) electrons. The quantitative estimate of drug-likeness (QED) is 0.670. The summed E-state index contributed by atoms with van der Waals surface area (Å²) in [5, 5.41) is 3.27. The minimum atomic E-state index is -0.336. The molecule has 3 N–H and O–H groups in total. The fraction of sp³-hybridized carbons (Fsp3) is 0.143. The van der Waals surface area contributed by atoms with Crippen LogP contribution >= 0.6 is 0 Å². The second-order valence-electron chi connectivity index (χ2n) is 6.68. The van der Waals surface area contributed by atoms with Crippen LogP contribution in [0, 0.1) is 11.6 Å². The Bertz CT molecular complexity index is 1060. The minimum Gasteiger partial charge on any atom is -0.361 e. The lowest BCUT2D eigenvalue weighted by Crippen LogP contribution is -2.31. The van der Waals surface area contributed by atoms with Crippen molar-refractivity contribution >= 4 is 23.5 Å². The molecule has 2 aromatic carbocycles. The molecule has 1 aliphatic heterocycles. The summed E-state index contributed by atoms with van der Waals surface area (Å²) >= 11 is 0. The highest BCUT2D eigenvalue weighted by Crippen LogP contribution is 2.33. The SMILES string of the molecule is NCC(=O)CN1C=Cn2c(nc(-c3ccc(F)cc3)c2Nc2ccc(F)cc2)C1. The second-order valence-corrected chi connectivity index (χ2v) is 6.68. The van der Waals surface area contributed by atoms with E-state index in [1.165, 1.54) is 24.3 Å². The third kappa shape index (κ3) is 4.02. The number of fused-ring (bicyclic) bond motifs is 1. The smallest absolute Gasteiger partial charge is 0.165 e. The summed E-state index contributed by atoms with van der Waals surface area (Å²) in [5.74, 6) is 0.639. The monoisotopic (exact) mass is 395 g/mol. The van der Waals surface area contributed by atoms with E-state index in [2.05, 4.69) is 5.32 Å². The number of nitrogens with zero attached hydrogens (tertiary/aromatic N) is 3. The molecule has 2 heterocycles. The summed E-state index contributed by atoms with van der Waals surface area (Å²) in [6, 6.07) is 12.0. The number of carbonyl (C=O) groups is 1. The first-order chi connectivity index (χ1) is 14.0. The number of nitrogens with two attached hydrogens (primary N) is 1. The van der Waals surface area contributed by atoms with E-state index in [1.807, 2.05) is 9.47 Å². The number of nitrogens with one attached hydrogen (secondary N) is 1. The van der Waals surface area contributed by atoms with Crippen molar-refractivity contribution in [2.45, 2.75) is 6.54 Å². The molecule has 1 aliphatic rings. The Labute approximate surface area is 166 Å². The van der Waals surface area contributed by atoms with Gasteiger partial charge in [0.25, 0.3) is 0 Å². The molecule has 29 heavy (non-hydrogen) atoms. The van der Waals surface area contributed by atoms with Crippen LogP contribution in [0.1, 0.15) is 5.82 Å². The van der Waals surface area contributed by atoms with Gasteiger partial charge in [-0.15, -0.1) is 0 Å². The fourth-order valence-corrected chi connectivity index (χ4v) is 3.14. The van der Waals surface area contributed by atoms with Crippen molar-refractivity contribution in [3.63, 3.8) is 0 Å². The molecule has 148 valence electrons. The molecule has 0 aliphatic carbocycles. The number of Topliss-reactive ketones (excluding diaryl/α,β-unsaturated/α-hetero) is 1. The molecule has 0 unspecified atom stereocenters. The van der Waals surface area contributed by atoms with Gasteiger partial charge in [0.1, 0.15) is 29.0 Å². The minimum absolute atomic E-state index is 0.0169. The van der Waals surface area contributed by atoms with Gasteiger partial charge in [-0.1, -0.05) is 0 Å². The van der Waals surface area contributed by atoms with Crippen LogP contribution in [0.5, 0.6) is 0 Å². The number of hydrogen-bond acceptors (Lipinski definition) is 5. The molecule has 3 aromatic rings. The summed E-state index contributed by atoms with van der Waals surface area (Å²) < 4.78 is 28.5. The number of anilines is 2. The molecule has 8 heteroatoms. The van der Waals surface area contributed by atoms with Gasteiger partial charge in [-0.25, -0.2) is 13.8 Å². The molecule has 1 aromatic heterocycles. The summed E-state index contributed by atoms with van der Waals surface area (Å²) in [6.07, 6.45) is 3.60. The highest BCUT2D eigenvalue weighted by molar-refractivity contribution is 5.82. The molecule has 0 saturated heterocycles. The zero-order chi connectivity index (χ0) is 20.4. The Hall–Kier alpha value is -3.52. The first-order valence-corrected chi connectivity index (χ1v) is 9.07. The topological polar surface area (TPSA) is 76.2 Å². The van der Waals surface area contributed by atoms with Crippen molar-refractivity contribution in [3.8, 4) is 11.3 Å². The number of carbonyl (C=O) groups excluding carboxylic acids is 1. The predicted octanol–water partition coefficient (Wildman–Crippen LogP) is 3.34. The molecule has 0 atom stereocenters. The molecular weight excluding hydrogens is 376 g/mol. The Kier molecular flexibility index (Phi) is 5.09. The lowest BCUT2D eigenvalue weighted by atomic mass is 10.1. The third-order valence-electron chi connectivity index (χ3n) is 4.59. The van der Waals surface area contributed by atoms with Crippen LogP contribution in [0.15, 0.2) is 54.7 Å². The second kappa shape index (κ2) is 7.84. The number of benzene rings is 2. The van der Waals surface area contributed by atoms with E-state index >= 15 is 0 Å². The maximum atomic E-state index is 13.4. The predicted molar refractivity (Wildman–Crippen MR) is 107 cm³/mol. The van der Waals surface area contributed by atoms with Gasteiger partial charge in [-0.3, -0.25) is 9.36 Å². The van der Waals surface area contributed by atoms with Crippen molar-refractivity contribution in [2.75, 3.05) is 18.4 Å². The molecular formula is C21H19F2N5O. The number of halogens is 2. The number of imidazole rings is 1. The summed E-state index contributed by atoms with van der Waals surface area (Å²) in [7, 11) is 0. The van der Waals surface area contributed by atoms with Gasteiger partial charge >= 0.3 is 0 Å². The van der Waals surface area contributed by atoms with Crippen LogP contribution in [0.2, 0.25) is 0 Å². The zero-order valence-electron chi connectivity index (χ0n) is 15.5. The van der Waals surface area contributed by atoms with E-state index in [1.54, 1.807) is 36.7 Å². The van der Waals surface area contributed by atoms with Crippen LogP contribution < -0.4 is 11.1 Å². The fourth-order valence-electron chi connectivity index (χ4n) is 3.14. The largest absolute Gasteiger partial charge is 0.361 e. The van der Waals surface area contributed by atoms with Crippen LogP contribution in [-0.4, -0.2) is 33.3 Å². The van der Waals surface area contributed by atoms with Crippen molar-refractivity contribution in [2.24, 2.45) is 5.73 Å². The van der Waals surface area contributed by atoms with Gasteiger partial charge in [-0.05, 0) is 48.5 Å². The maximum absolute atomic E-state index is 13.4. The average molecular weight is 395 g/mol. The summed E-state index contributed by atoms with van der Waals surface area (Å²) in [4.78, 5) is 18.2. The van der Waals surface area contributed by atoms with Gasteiger partial charge in [0, 0.05) is 23.7 Å². The van der Waals surface area contributed by atoms with Crippen molar-refractivity contribution in [3.05, 3.63) is 72.2 Å². The van der Waals surface area contributed by atoms with E-state index in [4.69, 9.17) is 10.7 Å². The molecule has 0 spiro atoms. The highest BCUT2D eigenvalue weighted by Gasteiger charge is 2.22. The first kappa shape index (κ1) is 18.8. The maximum Gasteiger partial charge on any atom is 0.165 e. The van der Waals surface area contributed by atoms with Crippen molar-refractivity contribution in [1.82, 2.24) is 14.5 Å². The average Bonchev–Trinajstić information content (AvgIpc) is 3.07.